The van der Waals surface area contributed by atoms with Gasteiger partial charge in [-0.05, 0) is 48.5 Å². The Balaban J connectivity index is 1.60. The van der Waals surface area contributed by atoms with Gasteiger partial charge in [-0.2, -0.15) is 0 Å². The summed E-state index contributed by atoms with van der Waals surface area (Å²) in [6.07, 6.45) is -4.75. The van der Waals surface area contributed by atoms with E-state index in [0.717, 1.165) is 0 Å². The monoisotopic (exact) mass is 392 g/mol. The van der Waals surface area contributed by atoms with Crippen LogP contribution in [0.1, 0.15) is 16.1 Å². The minimum absolute atomic E-state index is 0.104. The molecule has 0 aliphatic heterocycles. The highest BCUT2D eigenvalue weighted by atomic mass is 19.4. The van der Waals surface area contributed by atoms with Crippen LogP contribution >= 0.6 is 0 Å². The molecule has 146 valence electrons. The zero-order valence-corrected chi connectivity index (χ0v) is 14.6. The maximum absolute atomic E-state index is 12.2. The molecule has 2 aromatic carbocycles. The SMILES string of the molecule is COc1ccc(C(=O)NCc2cc(-c3ccc(OC(F)(F)F)cc3)no2)cc1. The maximum Gasteiger partial charge on any atom is 0.573 e. The molecule has 28 heavy (non-hydrogen) atoms. The summed E-state index contributed by atoms with van der Waals surface area (Å²) in [7, 11) is 1.54. The van der Waals surface area contributed by atoms with Crippen LogP contribution in [-0.4, -0.2) is 24.5 Å². The number of aromatic nitrogens is 1. The summed E-state index contributed by atoms with van der Waals surface area (Å²) in [4.78, 5) is 12.1. The molecule has 0 atom stereocenters. The average Bonchev–Trinajstić information content (AvgIpc) is 3.14. The van der Waals surface area contributed by atoms with E-state index in [1.54, 1.807) is 30.3 Å². The Morgan fingerprint density at radius 2 is 1.71 bits per heavy atom. The van der Waals surface area contributed by atoms with Crippen molar-refractivity contribution in [3.63, 3.8) is 0 Å². The van der Waals surface area contributed by atoms with E-state index in [9.17, 15) is 18.0 Å². The number of benzene rings is 2. The molecule has 0 aliphatic carbocycles. The van der Waals surface area contributed by atoms with Crippen molar-refractivity contribution in [3.8, 4) is 22.8 Å². The fourth-order valence-corrected chi connectivity index (χ4v) is 2.37. The van der Waals surface area contributed by atoms with Crippen LogP contribution in [0.15, 0.2) is 59.1 Å². The van der Waals surface area contributed by atoms with Crippen LogP contribution < -0.4 is 14.8 Å². The number of nitrogens with one attached hydrogen (secondary N) is 1. The Morgan fingerprint density at radius 3 is 2.32 bits per heavy atom. The lowest BCUT2D eigenvalue weighted by atomic mass is 10.1. The van der Waals surface area contributed by atoms with Crippen molar-refractivity contribution in [1.82, 2.24) is 10.5 Å². The van der Waals surface area contributed by atoms with Gasteiger partial charge in [0.1, 0.15) is 17.2 Å². The predicted octanol–water partition coefficient (Wildman–Crippen LogP) is 4.18. The average molecular weight is 392 g/mol. The van der Waals surface area contributed by atoms with Crippen LogP contribution in [-0.2, 0) is 6.54 Å². The molecule has 1 N–H and O–H groups in total. The van der Waals surface area contributed by atoms with Crippen LogP contribution in [0.3, 0.4) is 0 Å². The molecule has 0 unspecified atom stereocenters. The lowest BCUT2D eigenvalue weighted by Gasteiger charge is -2.08. The Hall–Kier alpha value is -3.49. The molecule has 1 amide bonds. The number of methoxy groups -OCH3 is 1. The standard InChI is InChI=1S/C19H15F3N2O4/c1-26-14-6-4-13(5-7-14)18(25)23-11-16-10-17(24-28-16)12-2-8-15(9-3-12)27-19(20,21)22/h2-10H,11H2,1H3,(H,23,25). The molecule has 9 heteroatoms. The van der Waals surface area contributed by atoms with Gasteiger partial charge in [0.2, 0.25) is 0 Å². The number of carbonyl (C=O) groups is 1. The fourth-order valence-electron chi connectivity index (χ4n) is 2.37. The van der Waals surface area contributed by atoms with Gasteiger partial charge in [-0.1, -0.05) is 5.16 Å². The van der Waals surface area contributed by atoms with Crippen molar-refractivity contribution in [3.05, 3.63) is 65.9 Å². The molecule has 0 saturated carbocycles. The van der Waals surface area contributed by atoms with Crippen molar-refractivity contribution < 1.29 is 32.0 Å². The van der Waals surface area contributed by atoms with Crippen molar-refractivity contribution in [2.24, 2.45) is 0 Å². The second-order valence-electron chi connectivity index (χ2n) is 5.66. The van der Waals surface area contributed by atoms with E-state index in [4.69, 9.17) is 9.26 Å². The summed E-state index contributed by atoms with van der Waals surface area (Å²) in [5, 5.41) is 6.55. The van der Waals surface area contributed by atoms with Gasteiger partial charge in [0.05, 0.1) is 13.7 Å². The Kier molecular flexibility index (Phi) is 5.53. The fraction of sp³-hybridized carbons (Fsp3) is 0.158. The summed E-state index contributed by atoms with van der Waals surface area (Å²) in [6.45, 7) is 0.104. The van der Waals surface area contributed by atoms with Crippen LogP contribution in [0.2, 0.25) is 0 Å². The first-order chi connectivity index (χ1) is 13.3. The van der Waals surface area contributed by atoms with Crippen molar-refractivity contribution in [2.75, 3.05) is 7.11 Å². The minimum Gasteiger partial charge on any atom is -0.497 e. The normalized spacial score (nSPS) is 11.1. The summed E-state index contributed by atoms with van der Waals surface area (Å²) < 4.78 is 50.6. The van der Waals surface area contributed by atoms with Crippen LogP contribution in [0.25, 0.3) is 11.3 Å². The number of nitrogens with zero attached hydrogens (tertiary/aromatic N) is 1. The van der Waals surface area contributed by atoms with E-state index in [0.29, 0.717) is 28.3 Å². The van der Waals surface area contributed by atoms with Crippen molar-refractivity contribution >= 4 is 5.91 Å². The molecule has 0 spiro atoms. The number of rotatable bonds is 6. The molecule has 6 nitrogen and oxygen atoms in total. The lowest BCUT2D eigenvalue weighted by Crippen LogP contribution is -2.22. The third-order valence-electron chi connectivity index (χ3n) is 3.72. The molecule has 0 aliphatic rings. The van der Waals surface area contributed by atoms with E-state index in [1.165, 1.54) is 31.4 Å². The molecule has 0 fully saturated rings. The highest BCUT2D eigenvalue weighted by Gasteiger charge is 2.31. The molecule has 1 aromatic heterocycles. The first-order valence-electron chi connectivity index (χ1n) is 8.08. The quantitative estimate of drug-likeness (QED) is 0.681. The maximum atomic E-state index is 12.2. The van der Waals surface area contributed by atoms with Crippen LogP contribution in [0.4, 0.5) is 13.2 Å². The Labute approximate surface area is 157 Å². The third kappa shape index (κ3) is 5.03. The Bertz CT molecular complexity index is 935. The lowest BCUT2D eigenvalue weighted by molar-refractivity contribution is -0.274. The molecule has 0 saturated heterocycles. The molecule has 0 bridgehead atoms. The minimum atomic E-state index is -4.75. The van der Waals surface area contributed by atoms with Gasteiger partial charge in [0, 0.05) is 17.2 Å². The highest BCUT2D eigenvalue weighted by molar-refractivity contribution is 5.94. The summed E-state index contributed by atoms with van der Waals surface area (Å²) >= 11 is 0. The number of alkyl halides is 3. The molecular formula is C19H15F3N2O4. The number of hydrogen-bond acceptors (Lipinski definition) is 5. The van der Waals surface area contributed by atoms with Gasteiger partial charge >= 0.3 is 6.36 Å². The number of halogens is 3. The summed E-state index contributed by atoms with van der Waals surface area (Å²) in [6, 6.07) is 13.4. The van der Waals surface area contributed by atoms with Gasteiger partial charge in [-0.3, -0.25) is 4.79 Å². The predicted molar refractivity (Wildman–Crippen MR) is 92.8 cm³/mol. The number of amides is 1. The summed E-state index contributed by atoms with van der Waals surface area (Å²) in [5.41, 5.74) is 1.43. The highest BCUT2D eigenvalue weighted by Crippen LogP contribution is 2.26. The van der Waals surface area contributed by atoms with Crippen LogP contribution in [0, 0.1) is 0 Å². The zero-order valence-electron chi connectivity index (χ0n) is 14.6. The van der Waals surface area contributed by atoms with E-state index in [-0.39, 0.29) is 18.2 Å². The number of ether oxygens (including phenoxy) is 2. The number of carbonyl (C=O) groups excluding carboxylic acids is 1. The molecule has 1 heterocycles. The zero-order chi connectivity index (χ0) is 20.1. The van der Waals surface area contributed by atoms with E-state index in [2.05, 4.69) is 15.2 Å². The Morgan fingerprint density at radius 1 is 1.07 bits per heavy atom. The topological polar surface area (TPSA) is 73.6 Å². The van der Waals surface area contributed by atoms with Gasteiger partial charge in [-0.25, -0.2) is 0 Å². The molecular weight excluding hydrogens is 377 g/mol. The first-order valence-corrected chi connectivity index (χ1v) is 8.08. The van der Waals surface area contributed by atoms with Gasteiger partial charge in [0.15, 0.2) is 5.76 Å². The third-order valence-corrected chi connectivity index (χ3v) is 3.72. The van der Waals surface area contributed by atoms with Gasteiger partial charge < -0.3 is 19.3 Å². The van der Waals surface area contributed by atoms with Crippen LogP contribution in [0.5, 0.6) is 11.5 Å². The molecule has 0 radical (unpaired) electrons. The van der Waals surface area contributed by atoms with E-state index in [1.807, 2.05) is 0 Å². The van der Waals surface area contributed by atoms with Crippen molar-refractivity contribution in [2.45, 2.75) is 12.9 Å². The number of hydrogen-bond donors (Lipinski definition) is 1. The van der Waals surface area contributed by atoms with E-state index >= 15 is 0 Å². The molecule has 3 aromatic rings. The molecule has 3 rings (SSSR count). The van der Waals surface area contributed by atoms with Crippen molar-refractivity contribution in [1.29, 1.82) is 0 Å². The second kappa shape index (κ2) is 8.03. The van der Waals surface area contributed by atoms with Gasteiger partial charge in [0.25, 0.3) is 5.91 Å². The van der Waals surface area contributed by atoms with E-state index < -0.39 is 6.36 Å². The second-order valence-corrected chi connectivity index (χ2v) is 5.66. The first kappa shape index (κ1) is 19.3. The smallest absolute Gasteiger partial charge is 0.497 e. The largest absolute Gasteiger partial charge is 0.573 e. The summed E-state index contributed by atoms with van der Waals surface area (Å²) in [5.74, 6) is 0.413. The van der Waals surface area contributed by atoms with Gasteiger partial charge in [-0.15, -0.1) is 13.2 Å².